The van der Waals surface area contributed by atoms with Crippen LogP contribution < -0.4 is 16.2 Å². The van der Waals surface area contributed by atoms with Crippen molar-refractivity contribution in [1.82, 2.24) is 19.4 Å². The molecular weight excluding hydrogens is 392 g/mol. The number of rotatable bonds is 6. The number of likely N-dealkylation sites (N-methyl/N-ethyl adjacent to an activating group) is 1. The van der Waals surface area contributed by atoms with Gasteiger partial charge in [-0.25, -0.2) is 4.98 Å². The molecule has 8 heteroatoms. The molecule has 4 aromatic rings. The molecule has 0 spiro atoms. The lowest BCUT2D eigenvalue weighted by atomic mass is 9.99. The van der Waals surface area contributed by atoms with Gasteiger partial charge in [0.15, 0.2) is 0 Å². The van der Waals surface area contributed by atoms with E-state index in [4.69, 9.17) is 16.2 Å². The fraction of sp³-hybridized carbons (Fsp3) is 0.261. The summed E-state index contributed by atoms with van der Waals surface area (Å²) in [4.78, 5) is 23.2. The Balaban J connectivity index is 2.00. The minimum Gasteiger partial charge on any atom is -0.497 e. The van der Waals surface area contributed by atoms with Crippen molar-refractivity contribution in [1.29, 1.82) is 0 Å². The Labute approximate surface area is 180 Å². The summed E-state index contributed by atoms with van der Waals surface area (Å²) in [6, 6.07) is 11.7. The summed E-state index contributed by atoms with van der Waals surface area (Å²) in [5.41, 5.74) is 15.5. The van der Waals surface area contributed by atoms with Crippen LogP contribution in [0.15, 0.2) is 42.6 Å². The number of aromatic nitrogens is 3. The van der Waals surface area contributed by atoms with Gasteiger partial charge in [0, 0.05) is 30.2 Å². The van der Waals surface area contributed by atoms with E-state index >= 15 is 0 Å². The number of nitrogens with two attached hydrogens (primary N) is 2. The molecule has 1 amide bonds. The molecule has 0 radical (unpaired) electrons. The molecule has 0 aliphatic rings. The molecule has 31 heavy (non-hydrogen) atoms. The van der Waals surface area contributed by atoms with Crippen molar-refractivity contribution >= 4 is 39.5 Å². The van der Waals surface area contributed by atoms with Crippen molar-refractivity contribution in [3.05, 3.63) is 42.6 Å². The summed E-state index contributed by atoms with van der Waals surface area (Å²) in [6.07, 6.45) is 1.91. The Morgan fingerprint density at radius 1 is 1.13 bits per heavy atom. The van der Waals surface area contributed by atoms with Crippen LogP contribution in [0, 0.1) is 0 Å². The zero-order valence-corrected chi connectivity index (χ0v) is 17.9. The van der Waals surface area contributed by atoms with Crippen molar-refractivity contribution in [2.75, 3.05) is 31.7 Å². The van der Waals surface area contributed by atoms with Gasteiger partial charge in [0.1, 0.15) is 18.1 Å². The maximum Gasteiger partial charge on any atom is 0.242 e. The predicted molar refractivity (Wildman–Crippen MR) is 124 cm³/mol. The topological polar surface area (TPSA) is 112 Å². The maximum absolute atomic E-state index is 12.9. The third-order valence-corrected chi connectivity index (χ3v) is 5.55. The average Bonchev–Trinajstić information content (AvgIpc) is 3.17. The van der Waals surface area contributed by atoms with Crippen LogP contribution >= 0.6 is 0 Å². The normalized spacial score (nSPS) is 11.2. The zero-order valence-electron chi connectivity index (χ0n) is 17.9. The summed E-state index contributed by atoms with van der Waals surface area (Å²) in [5.74, 6) is 1.24. The second-order valence-electron chi connectivity index (χ2n) is 7.29. The van der Waals surface area contributed by atoms with E-state index in [1.54, 1.807) is 7.11 Å². The van der Waals surface area contributed by atoms with Crippen LogP contribution in [0.1, 0.15) is 13.8 Å². The quantitative estimate of drug-likeness (QED) is 0.497. The number of anilines is 2. The monoisotopic (exact) mass is 418 g/mol. The number of hydrogen-bond donors (Lipinski definition) is 2. The molecule has 160 valence electrons. The van der Waals surface area contributed by atoms with Gasteiger partial charge in [-0.3, -0.25) is 4.79 Å². The highest BCUT2D eigenvalue weighted by molar-refractivity contribution is 6.15. The summed E-state index contributed by atoms with van der Waals surface area (Å²) in [5, 5.41) is 1.60. The third kappa shape index (κ3) is 3.61. The van der Waals surface area contributed by atoms with Gasteiger partial charge < -0.3 is 25.7 Å². The first-order valence-corrected chi connectivity index (χ1v) is 10.2. The standard InChI is InChI=1S/C23H26N6O2/c1-4-28(5-2)19(30)13-29-10-9-16-20-18(26-23(25)27-22(20)24)12-17(21(16)29)14-7-6-8-15(11-14)31-3/h6-12H,4-5,13H2,1-3H3,(H4,24,25,26,27). The minimum atomic E-state index is 0.0562. The fourth-order valence-corrected chi connectivity index (χ4v) is 4.04. The number of ether oxygens (including phenoxy) is 1. The van der Waals surface area contributed by atoms with Crippen LogP contribution in [0.3, 0.4) is 0 Å². The molecule has 2 aromatic heterocycles. The molecule has 0 saturated heterocycles. The highest BCUT2D eigenvalue weighted by Gasteiger charge is 2.19. The summed E-state index contributed by atoms with van der Waals surface area (Å²) in [7, 11) is 1.63. The van der Waals surface area contributed by atoms with Crippen molar-refractivity contribution in [2.45, 2.75) is 20.4 Å². The van der Waals surface area contributed by atoms with E-state index in [0.717, 1.165) is 33.2 Å². The predicted octanol–water partition coefficient (Wildman–Crippen LogP) is 3.29. The van der Waals surface area contributed by atoms with Gasteiger partial charge in [0.2, 0.25) is 11.9 Å². The lowest BCUT2D eigenvalue weighted by Crippen LogP contribution is -2.33. The first-order chi connectivity index (χ1) is 15.0. The highest BCUT2D eigenvalue weighted by Crippen LogP contribution is 2.38. The van der Waals surface area contributed by atoms with Gasteiger partial charge in [-0.2, -0.15) is 4.98 Å². The van der Waals surface area contributed by atoms with Crippen molar-refractivity contribution in [2.24, 2.45) is 0 Å². The molecule has 0 fully saturated rings. The number of methoxy groups -OCH3 is 1. The van der Waals surface area contributed by atoms with Crippen LogP contribution in [-0.2, 0) is 11.3 Å². The minimum absolute atomic E-state index is 0.0562. The van der Waals surface area contributed by atoms with Crippen LogP contribution in [0.5, 0.6) is 5.75 Å². The number of nitrogen functional groups attached to an aromatic ring is 2. The Morgan fingerprint density at radius 3 is 2.61 bits per heavy atom. The van der Waals surface area contributed by atoms with Gasteiger partial charge in [0.25, 0.3) is 0 Å². The molecule has 8 nitrogen and oxygen atoms in total. The number of hydrogen-bond acceptors (Lipinski definition) is 6. The number of amides is 1. The summed E-state index contributed by atoms with van der Waals surface area (Å²) < 4.78 is 7.38. The Morgan fingerprint density at radius 2 is 1.90 bits per heavy atom. The molecule has 0 atom stereocenters. The Hall–Kier alpha value is -3.81. The first kappa shape index (κ1) is 20.5. The third-order valence-electron chi connectivity index (χ3n) is 5.55. The van der Waals surface area contributed by atoms with E-state index in [9.17, 15) is 4.79 Å². The lowest BCUT2D eigenvalue weighted by Gasteiger charge is -2.20. The van der Waals surface area contributed by atoms with Gasteiger partial charge in [-0.15, -0.1) is 0 Å². The maximum atomic E-state index is 12.9. The van der Waals surface area contributed by atoms with E-state index in [1.165, 1.54) is 0 Å². The van der Waals surface area contributed by atoms with Crippen molar-refractivity contribution in [3.8, 4) is 16.9 Å². The molecule has 4 rings (SSSR count). The molecule has 4 N–H and O–H groups in total. The number of carbonyl (C=O) groups excluding carboxylic acids is 1. The van der Waals surface area contributed by atoms with Gasteiger partial charge in [-0.05, 0) is 43.7 Å². The van der Waals surface area contributed by atoms with Crippen LogP contribution in [0.25, 0.3) is 32.9 Å². The zero-order chi connectivity index (χ0) is 22.1. The van der Waals surface area contributed by atoms with Crippen LogP contribution in [-0.4, -0.2) is 45.5 Å². The lowest BCUT2D eigenvalue weighted by molar-refractivity contribution is -0.131. The largest absolute Gasteiger partial charge is 0.497 e. The molecule has 0 unspecified atom stereocenters. The van der Waals surface area contributed by atoms with Crippen molar-refractivity contribution < 1.29 is 9.53 Å². The molecule has 2 aromatic carbocycles. The SMILES string of the molecule is CCN(CC)C(=O)Cn1ccc2c3c(N)nc(N)nc3cc(-c3cccc(OC)c3)c21. The molecule has 0 aliphatic heterocycles. The fourth-order valence-electron chi connectivity index (χ4n) is 4.04. The summed E-state index contributed by atoms with van der Waals surface area (Å²) >= 11 is 0. The number of benzene rings is 2. The van der Waals surface area contributed by atoms with Gasteiger partial charge in [-0.1, -0.05) is 12.1 Å². The van der Waals surface area contributed by atoms with E-state index in [0.29, 0.717) is 24.4 Å². The Bertz CT molecular complexity index is 1280. The number of carbonyl (C=O) groups is 1. The second-order valence-corrected chi connectivity index (χ2v) is 7.29. The van der Waals surface area contributed by atoms with E-state index in [-0.39, 0.29) is 18.4 Å². The average molecular weight is 419 g/mol. The molecule has 0 bridgehead atoms. The van der Waals surface area contributed by atoms with Crippen LogP contribution in [0.4, 0.5) is 11.8 Å². The Kier molecular flexibility index (Phi) is 5.37. The molecular formula is C23H26N6O2. The smallest absolute Gasteiger partial charge is 0.242 e. The summed E-state index contributed by atoms with van der Waals surface area (Å²) in [6.45, 7) is 5.52. The molecule has 0 saturated carbocycles. The first-order valence-electron chi connectivity index (χ1n) is 10.2. The van der Waals surface area contributed by atoms with Gasteiger partial charge >= 0.3 is 0 Å². The number of fused-ring (bicyclic) bond motifs is 3. The van der Waals surface area contributed by atoms with Crippen LogP contribution in [0.2, 0.25) is 0 Å². The van der Waals surface area contributed by atoms with E-state index in [2.05, 4.69) is 9.97 Å². The van der Waals surface area contributed by atoms with Crippen molar-refractivity contribution in [3.63, 3.8) is 0 Å². The van der Waals surface area contributed by atoms with E-state index < -0.39 is 0 Å². The second kappa shape index (κ2) is 8.14. The highest BCUT2D eigenvalue weighted by atomic mass is 16.5. The molecule has 2 heterocycles. The van der Waals surface area contributed by atoms with E-state index in [1.807, 2.05) is 65.9 Å². The van der Waals surface area contributed by atoms with Gasteiger partial charge in [0.05, 0.1) is 23.5 Å². The number of nitrogens with zero attached hydrogens (tertiary/aromatic N) is 4. The molecule has 0 aliphatic carbocycles.